The molecule has 4 nitrogen and oxygen atoms in total. The van der Waals surface area contributed by atoms with E-state index >= 15 is 0 Å². The van der Waals surface area contributed by atoms with E-state index in [0.717, 1.165) is 32.2 Å². The van der Waals surface area contributed by atoms with Crippen molar-refractivity contribution in [2.45, 2.75) is 12.7 Å². The van der Waals surface area contributed by atoms with Crippen molar-refractivity contribution in [2.24, 2.45) is 0 Å². The summed E-state index contributed by atoms with van der Waals surface area (Å²) in [7, 11) is 1.99. The van der Waals surface area contributed by atoms with Gasteiger partial charge in [-0.1, -0.05) is 0 Å². The number of carbonyl (C=O) groups is 1. The van der Waals surface area contributed by atoms with E-state index in [9.17, 15) is 18.0 Å². The minimum absolute atomic E-state index is 0. The summed E-state index contributed by atoms with van der Waals surface area (Å²) in [6.45, 7) is 3.55. The predicted molar refractivity (Wildman–Crippen MR) is 76.9 cm³/mol. The maximum atomic E-state index is 12.8. The van der Waals surface area contributed by atoms with Crippen LogP contribution in [-0.2, 0) is 12.7 Å². The maximum absolute atomic E-state index is 12.8. The van der Waals surface area contributed by atoms with E-state index in [-0.39, 0.29) is 24.4 Å². The zero-order valence-electron chi connectivity index (χ0n) is 12.7. The number of nitrogens with zero attached hydrogens (tertiary/aromatic N) is 2. The number of benzene rings is 1. The van der Waals surface area contributed by atoms with Gasteiger partial charge in [-0.05, 0) is 30.8 Å². The van der Waals surface area contributed by atoms with Crippen molar-refractivity contribution in [3.05, 3.63) is 34.9 Å². The number of hydrogen-bond acceptors (Lipinski definition) is 3. The molecule has 1 aromatic carbocycles. The Hall–Kier alpha value is -1.00. The molecular formula is C14H17F3LiN2O2. The molecule has 1 fully saturated rings. The van der Waals surface area contributed by atoms with Gasteiger partial charge in [0.2, 0.25) is 0 Å². The smallest absolute Gasteiger partial charge is 0.416 e. The van der Waals surface area contributed by atoms with Crippen LogP contribution in [0.15, 0.2) is 18.2 Å². The SMILES string of the molecule is CN1CCN(Cc2cc(C(=O)O)cc(C(F)(F)F)c2)CC1.[Li]. The fourth-order valence-corrected chi connectivity index (χ4v) is 2.33. The van der Waals surface area contributed by atoms with Crippen LogP contribution in [0, 0.1) is 0 Å². The zero-order chi connectivity index (χ0) is 15.6. The van der Waals surface area contributed by atoms with Gasteiger partial charge >= 0.3 is 12.1 Å². The summed E-state index contributed by atoms with van der Waals surface area (Å²) in [5, 5.41) is 8.95. The Labute approximate surface area is 139 Å². The number of carboxylic acids is 1. The number of hydrogen-bond donors (Lipinski definition) is 1. The first-order valence-corrected chi connectivity index (χ1v) is 6.61. The molecular weight excluding hydrogens is 292 g/mol. The number of rotatable bonds is 3. The second kappa shape index (κ2) is 7.51. The Kier molecular flexibility index (Phi) is 6.50. The average Bonchev–Trinajstić information content (AvgIpc) is 2.40. The molecule has 1 aromatic rings. The minimum Gasteiger partial charge on any atom is -0.478 e. The summed E-state index contributed by atoms with van der Waals surface area (Å²) in [5.41, 5.74) is -0.854. The summed E-state index contributed by atoms with van der Waals surface area (Å²) in [5.74, 6) is -1.35. The molecule has 1 radical (unpaired) electrons. The largest absolute Gasteiger partial charge is 0.478 e. The Balaban J connectivity index is 0.00000242. The van der Waals surface area contributed by atoms with Crippen molar-refractivity contribution in [3.63, 3.8) is 0 Å². The molecule has 0 bridgehead atoms. The number of halogens is 3. The van der Waals surface area contributed by atoms with Gasteiger partial charge in [-0.25, -0.2) is 4.79 Å². The maximum Gasteiger partial charge on any atom is 0.416 e. The van der Waals surface area contributed by atoms with Gasteiger partial charge in [0, 0.05) is 51.6 Å². The first-order valence-electron chi connectivity index (χ1n) is 6.61. The molecule has 0 amide bonds. The van der Waals surface area contributed by atoms with E-state index < -0.39 is 17.7 Å². The van der Waals surface area contributed by atoms with Crippen LogP contribution in [0.1, 0.15) is 21.5 Å². The predicted octanol–water partition coefficient (Wildman–Crippen LogP) is 1.77. The molecule has 8 heteroatoms. The second-order valence-electron chi connectivity index (χ2n) is 5.30. The van der Waals surface area contributed by atoms with Crippen LogP contribution in [0.4, 0.5) is 13.2 Å². The van der Waals surface area contributed by atoms with Gasteiger partial charge in [0.25, 0.3) is 0 Å². The summed E-state index contributed by atoms with van der Waals surface area (Å²) >= 11 is 0. The van der Waals surface area contributed by atoms with Crippen molar-refractivity contribution in [1.82, 2.24) is 9.80 Å². The van der Waals surface area contributed by atoms with Crippen molar-refractivity contribution in [3.8, 4) is 0 Å². The molecule has 1 aliphatic rings. The van der Waals surface area contributed by atoms with E-state index in [1.807, 2.05) is 11.9 Å². The first kappa shape index (κ1) is 19.0. The van der Waals surface area contributed by atoms with Crippen LogP contribution < -0.4 is 0 Å². The van der Waals surface area contributed by atoms with Crippen LogP contribution in [0.2, 0.25) is 0 Å². The molecule has 0 unspecified atom stereocenters. The van der Waals surface area contributed by atoms with E-state index in [1.54, 1.807) is 0 Å². The first-order chi connectivity index (χ1) is 9.75. The number of carboxylic acid groups (broad SMARTS) is 1. The van der Waals surface area contributed by atoms with Crippen molar-refractivity contribution < 1.29 is 23.1 Å². The molecule has 0 saturated carbocycles. The standard InChI is InChI=1S/C14H17F3N2O2.Li/c1-18-2-4-19(5-3-18)9-10-6-11(13(20)21)8-12(7-10)14(15,16)17;/h6-8H,2-5,9H2,1H3,(H,20,21);. The van der Waals surface area contributed by atoms with Gasteiger partial charge in [-0.3, -0.25) is 4.90 Å². The average molecular weight is 309 g/mol. The van der Waals surface area contributed by atoms with Gasteiger partial charge in [0.05, 0.1) is 11.1 Å². The number of likely N-dealkylation sites (N-methyl/N-ethyl adjacent to an activating group) is 1. The fourth-order valence-electron chi connectivity index (χ4n) is 2.33. The van der Waals surface area contributed by atoms with Gasteiger partial charge in [-0.15, -0.1) is 0 Å². The number of piperazine rings is 1. The third kappa shape index (κ3) is 5.02. The Bertz CT molecular complexity index is 529. The topological polar surface area (TPSA) is 43.8 Å². The molecule has 22 heavy (non-hydrogen) atoms. The number of aromatic carboxylic acids is 1. The quantitative estimate of drug-likeness (QED) is 0.864. The third-order valence-corrected chi connectivity index (χ3v) is 3.57. The normalized spacial score (nSPS) is 17.1. The molecule has 0 aromatic heterocycles. The monoisotopic (exact) mass is 309 g/mol. The van der Waals surface area contributed by atoms with Crippen LogP contribution in [0.3, 0.4) is 0 Å². The third-order valence-electron chi connectivity index (χ3n) is 3.57. The van der Waals surface area contributed by atoms with Gasteiger partial charge < -0.3 is 10.0 Å². The second-order valence-corrected chi connectivity index (χ2v) is 5.30. The minimum atomic E-state index is -4.54. The van der Waals surface area contributed by atoms with E-state index in [0.29, 0.717) is 18.2 Å². The number of alkyl halides is 3. The zero-order valence-corrected chi connectivity index (χ0v) is 12.7. The van der Waals surface area contributed by atoms with Gasteiger partial charge in [0.15, 0.2) is 0 Å². The van der Waals surface area contributed by atoms with E-state index in [2.05, 4.69) is 4.90 Å². The van der Waals surface area contributed by atoms with Gasteiger partial charge in [0.1, 0.15) is 0 Å². The summed E-state index contributed by atoms with van der Waals surface area (Å²) in [4.78, 5) is 15.2. The van der Waals surface area contributed by atoms with E-state index in [1.165, 1.54) is 6.07 Å². The van der Waals surface area contributed by atoms with Crippen LogP contribution in [0.25, 0.3) is 0 Å². The molecule has 1 N–H and O–H groups in total. The fraction of sp³-hybridized carbons (Fsp3) is 0.500. The summed E-state index contributed by atoms with van der Waals surface area (Å²) in [6.07, 6.45) is -4.54. The Morgan fingerprint density at radius 1 is 1.18 bits per heavy atom. The summed E-state index contributed by atoms with van der Waals surface area (Å²) in [6, 6.07) is 3.02. The van der Waals surface area contributed by atoms with Crippen LogP contribution >= 0.6 is 0 Å². The molecule has 1 aliphatic heterocycles. The van der Waals surface area contributed by atoms with Crippen LogP contribution in [0.5, 0.6) is 0 Å². The van der Waals surface area contributed by atoms with Crippen molar-refractivity contribution in [2.75, 3.05) is 33.2 Å². The molecule has 1 saturated heterocycles. The molecule has 117 valence electrons. The van der Waals surface area contributed by atoms with Crippen LogP contribution in [-0.4, -0.2) is 73.0 Å². The van der Waals surface area contributed by atoms with E-state index in [4.69, 9.17) is 5.11 Å². The summed E-state index contributed by atoms with van der Waals surface area (Å²) < 4.78 is 38.5. The molecule has 2 rings (SSSR count). The molecule has 0 spiro atoms. The Morgan fingerprint density at radius 3 is 2.27 bits per heavy atom. The van der Waals surface area contributed by atoms with Crippen molar-refractivity contribution in [1.29, 1.82) is 0 Å². The van der Waals surface area contributed by atoms with Gasteiger partial charge in [-0.2, -0.15) is 13.2 Å². The molecule has 1 heterocycles. The molecule has 0 atom stereocenters. The molecule has 0 aliphatic carbocycles. The Morgan fingerprint density at radius 2 is 1.77 bits per heavy atom. The van der Waals surface area contributed by atoms with Crippen molar-refractivity contribution >= 4 is 24.8 Å².